The molecule has 3 atom stereocenters. The van der Waals surface area contributed by atoms with Crippen LogP contribution in [-0.4, -0.2) is 51.6 Å². The molecule has 3 heterocycles. The number of hydrogen-bond acceptors (Lipinski definition) is 8. The molecular formula is C23H25FN4O6S3. The standard InChI is InChI=1S/C23H25FN4O6S3/c1-12-8-13(6-7-16(12)24)10-28-17-5-3-4-15(17)19(29)18(23(28)30)21-26-22-20(37(33,34)27-21)14(11-35-22)9-25-36(2,31)32/h6-8,11,15,17-18,25H,3-5,9-10H2,1-2H3,(H,26,27). The van der Waals surface area contributed by atoms with E-state index in [9.17, 15) is 30.8 Å². The van der Waals surface area contributed by atoms with E-state index in [-0.39, 0.29) is 52.0 Å². The van der Waals surface area contributed by atoms with Gasteiger partial charge in [0.25, 0.3) is 10.0 Å². The number of Topliss-reactive ketones (excluding diaryl/α,β-unsaturated/α-hetero) is 1. The number of benzene rings is 1. The molecule has 2 N–H and O–H groups in total. The van der Waals surface area contributed by atoms with Gasteiger partial charge in [-0.3, -0.25) is 9.59 Å². The summed E-state index contributed by atoms with van der Waals surface area (Å²) in [5.41, 5.74) is 1.36. The minimum Gasteiger partial charge on any atom is -0.334 e. The summed E-state index contributed by atoms with van der Waals surface area (Å²) in [7, 11) is -7.88. The Balaban J connectivity index is 1.48. The number of fused-ring (bicyclic) bond motifs is 2. The molecule has 1 amide bonds. The molecule has 2 fully saturated rings. The van der Waals surface area contributed by atoms with Gasteiger partial charge in [0.1, 0.15) is 21.5 Å². The maximum absolute atomic E-state index is 13.8. The van der Waals surface area contributed by atoms with Gasteiger partial charge in [-0.25, -0.2) is 17.5 Å². The summed E-state index contributed by atoms with van der Waals surface area (Å²) in [5.74, 6) is -3.38. The quantitative estimate of drug-likeness (QED) is 0.509. The lowest BCUT2D eigenvalue weighted by Gasteiger charge is -2.41. The monoisotopic (exact) mass is 568 g/mol. The number of thiophene rings is 1. The van der Waals surface area contributed by atoms with E-state index in [2.05, 4.69) is 14.4 Å². The minimum atomic E-state index is -4.31. The number of carbonyl (C=O) groups excluding carboxylic acids is 2. The number of rotatable bonds is 6. The first-order chi connectivity index (χ1) is 17.4. The van der Waals surface area contributed by atoms with Gasteiger partial charge >= 0.3 is 0 Å². The van der Waals surface area contributed by atoms with Crippen LogP contribution < -0.4 is 10.0 Å². The molecule has 1 saturated carbocycles. The molecule has 198 valence electrons. The van der Waals surface area contributed by atoms with Gasteiger partial charge in [-0.15, -0.1) is 15.7 Å². The van der Waals surface area contributed by atoms with Gasteiger partial charge in [0.15, 0.2) is 11.7 Å². The van der Waals surface area contributed by atoms with E-state index >= 15 is 0 Å². The third-order valence-electron chi connectivity index (χ3n) is 6.97. The number of likely N-dealkylation sites (tertiary alicyclic amines) is 1. The highest BCUT2D eigenvalue weighted by atomic mass is 32.2. The maximum atomic E-state index is 13.8. The molecule has 14 heteroatoms. The maximum Gasteiger partial charge on any atom is 0.287 e. The molecule has 3 aliphatic rings. The summed E-state index contributed by atoms with van der Waals surface area (Å²) < 4.78 is 69.1. The summed E-state index contributed by atoms with van der Waals surface area (Å²) in [4.78, 5) is 28.6. The number of piperidine rings is 1. The van der Waals surface area contributed by atoms with E-state index in [1.165, 1.54) is 11.4 Å². The first-order valence-electron chi connectivity index (χ1n) is 11.6. The molecule has 1 saturated heterocycles. The molecule has 0 radical (unpaired) electrons. The fourth-order valence-electron chi connectivity index (χ4n) is 5.28. The molecule has 1 aliphatic carbocycles. The lowest BCUT2D eigenvalue weighted by Crippen LogP contribution is -2.58. The SMILES string of the molecule is Cc1cc(CN2C(=O)C(C3=NS(=O)(=O)c4c(CNS(C)(=O)=O)csc4N3)C(=O)C3CCCC32)ccc1F. The highest BCUT2D eigenvalue weighted by Gasteiger charge is 2.52. The van der Waals surface area contributed by atoms with Crippen molar-refractivity contribution in [1.29, 1.82) is 0 Å². The van der Waals surface area contributed by atoms with Crippen LogP contribution in [0.5, 0.6) is 0 Å². The van der Waals surface area contributed by atoms with Crippen LogP contribution in [0.25, 0.3) is 0 Å². The Labute approximate surface area is 218 Å². The van der Waals surface area contributed by atoms with E-state index in [0.29, 0.717) is 24.0 Å². The van der Waals surface area contributed by atoms with Gasteiger partial charge in [0.2, 0.25) is 15.9 Å². The normalized spacial score (nSPS) is 24.9. The molecule has 1 aromatic heterocycles. The topological polar surface area (TPSA) is 142 Å². The molecule has 0 spiro atoms. The number of aryl methyl sites for hydroxylation is 1. The van der Waals surface area contributed by atoms with E-state index in [1.807, 2.05) is 0 Å². The summed E-state index contributed by atoms with van der Waals surface area (Å²) >= 11 is 1.02. The van der Waals surface area contributed by atoms with Crippen molar-refractivity contribution in [2.24, 2.45) is 16.2 Å². The fourth-order valence-corrected chi connectivity index (χ4v) is 8.35. The lowest BCUT2D eigenvalue weighted by molar-refractivity contribution is -0.149. The van der Waals surface area contributed by atoms with Gasteiger partial charge < -0.3 is 10.2 Å². The number of nitrogens with zero attached hydrogens (tertiary/aromatic N) is 2. The highest BCUT2D eigenvalue weighted by Crippen LogP contribution is 2.42. The van der Waals surface area contributed by atoms with Crippen molar-refractivity contribution < 1.29 is 30.8 Å². The van der Waals surface area contributed by atoms with Crippen molar-refractivity contribution in [3.05, 3.63) is 46.1 Å². The average molecular weight is 569 g/mol. The van der Waals surface area contributed by atoms with Gasteiger partial charge in [-0.05, 0) is 42.3 Å². The summed E-state index contributed by atoms with van der Waals surface area (Å²) in [5, 5.41) is 4.54. The minimum absolute atomic E-state index is 0.163. The molecule has 0 bridgehead atoms. The Morgan fingerprint density at radius 1 is 1.27 bits per heavy atom. The first kappa shape index (κ1) is 25.9. The van der Waals surface area contributed by atoms with Crippen LogP contribution >= 0.6 is 11.3 Å². The van der Waals surface area contributed by atoms with Crippen molar-refractivity contribution in [1.82, 2.24) is 9.62 Å². The number of nitrogens with one attached hydrogen (secondary N) is 2. The first-order valence-corrected chi connectivity index (χ1v) is 15.8. The van der Waals surface area contributed by atoms with Crippen LogP contribution in [0.15, 0.2) is 32.9 Å². The van der Waals surface area contributed by atoms with Crippen molar-refractivity contribution in [2.75, 3.05) is 11.6 Å². The number of ketones is 1. The smallest absolute Gasteiger partial charge is 0.287 e. The predicted molar refractivity (Wildman–Crippen MR) is 136 cm³/mol. The Kier molecular flexibility index (Phi) is 6.49. The second-order valence-electron chi connectivity index (χ2n) is 9.58. The van der Waals surface area contributed by atoms with Gasteiger partial charge in [0, 0.05) is 30.6 Å². The largest absolute Gasteiger partial charge is 0.334 e. The van der Waals surface area contributed by atoms with Crippen molar-refractivity contribution in [3.63, 3.8) is 0 Å². The Bertz CT molecular complexity index is 1550. The molecule has 2 aliphatic heterocycles. The van der Waals surface area contributed by atoms with Crippen molar-refractivity contribution in [2.45, 2.75) is 50.2 Å². The van der Waals surface area contributed by atoms with Crippen LogP contribution in [0, 0.1) is 24.6 Å². The molecule has 1 aromatic carbocycles. The molecule has 10 nitrogen and oxygen atoms in total. The highest BCUT2D eigenvalue weighted by molar-refractivity contribution is 7.91. The van der Waals surface area contributed by atoms with Crippen LogP contribution in [-0.2, 0) is 42.7 Å². The van der Waals surface area contributed by atoms with E-state index in [4.69, 9.17) is 0 Å². The molecule has 2 aromatic rings. The zero-order chi connectivity index (χ0) is 26.7. The summed E-state index contributed by atoms with van der Waals surface area (Å²) in [6.45, 7) is 1.55. The lowest BCUT2D eigenvalue weighted by atomic mass is 9.81. The van der Waals surface area contributed by atoms with Crippen molar-refractivity contribution in [3.8, 4) is 0 Å². The van der Waals surface area contributed by atoms with Gasteiger partial charge in [0.05, 0.1) is 6.26 Å². The molecule has 5 rings (SSSR count). The fraction of sp³-hybridized carbons (Fsp3) is 0.435. The third-order valence-corrected chi connectivity index (χ3v) is 10.1. The van der Waals surface area contributed by atoms with E-state index < -0.39 is 37.8 Å². The van der Waals surface area contributed by atoms with Gasteiger partial charge in [-0.2, -0.15) is 8.42 Å². The van der Waals surface area contributed by atoms with Crippen LogP contribution in [0.2, 0.25) is 0 Å². The van der Waals surface area contributed by atoms with E-state index in [0.717, 1.165) is 24.0 Å². The van der Waals surface area contributed by atoms with Crippen LogP contribution in [0.1, 0.15) is 36.0 Å². The van der Waals surface area contributed by atoms with E-state index in [1.54, 1.807) is 24.0 Å². The van der Waals surface area contributed by atoms with Crippen molar-refractivity contribution >= 4 is 53.9 Å². The number of amidine groups is 1. The second kappa shape index (κ2) is 9.26. The van der Waals surface area contributed by atoms with Crippen LogP contribution in [0.4, 0.5) is 9.39 Å². The Hall–Kier alpha value is -2.68. The second-order valence-corrected chi connectivity index (χ2v) is 13.8. The molecule has 37 heavy (non-hydrogen) atoms. The zero-order valence-electron chi connectivity index (χ0n) is 20.0. The number of sulfonamides is 2. The summed E-state index contributed by atoms with van der Waals surface area (Å²) in [6, 6.07) is 4.27. The van der Waals surface area contributed by atoms with Gasteiger partial charge in [-0.1, -0.05) is 18.6 Å². The zero-order valence-corrected chi connectivity index (χ0v) is 22.5. The molecular weight excluding hydrogens is 543 g/mol. The number of amides is 1. The Morgan fingerprint density at radius 3 is 2.73 bits per heavy atom. The number of hydrogen-bond donors (Lipinski definition) is 2. The number of anilines is 1. The Morgan fingerprint density at radius 2 is 2.03 bits per heavy atom. The summed E-state index contributed by atoms with van der Waals surface area (Å²) in [6.07, 6.45) is 2.95. The van der Waals surface area contributed by atoms with Crippen LogP contribution in [0.3, 0.4) is 0 Å². The predicted octanol–water partition coefficient (Wildman–Crippen LogP) is 2.15. The average Bonchev–Trinajstić information content (AvgIpc) is 3.45. The molecule has 3 unspecified atom stereocenters. The third kappa shape index (κ3) is 4.82. The number of carbonyl (C=O) groups is 2. The number of halogens is 1.